The number of hydrogen-bond donors (Lipinski definition) is 1. The minimum absolute atomic E-state index is 0.103. The second-order valence-electron chi connectivity index (χ2n) is 6.63. The van der Waals surface area contributed by atoms with E-state index < -0.39 is 0 Å². The second-order valence-corrected chi connectivity index (χ2v) is 6.63. The van der Waals surface area contributed by atoms with E-state index in [2.05, 4.69) is 46.3 Å². The van der Waals surface area contributed by atoms with Crippen molar-refractivity contribution in [1.82, 2.24) is 25.1 Å². The third-order valence-corrected chi connectivity index (χ3v) is 4.71. The molecule has 0 radical (unpaired) electrons. The van der Waals surface area contributed by atoms with Crippen LogP contribution in [-0.2, 0) is 4.79 Å². The molecule has 0 aliphatic carbocycles. The number of piperidine rings is 1. The number of carbonyl (C=O) groups is 1. The molecule has 23 heavy (non-hydrogen) atoms. The van der Waals surface area contributed by atoms with Gasteiger partial charge in [-0.05, 0) is 37.8 Å². The zero-order valence-electron chi connectivity index (χ0n) is 13.9. The molecule has 0 spiro atoms. The lowest BCUT2D eigenvalue weighted by Gasteiger charge is -2.32. The van der Waals surface area contributed by atoms with Crippen molar-refractivity contribution in [2.45, 2.75) is 39.7 Å². The molecule has 1 unspecified atom stereocenters. The Morgan fingerprint density at radius 1 is 1.26 bits per heavy atom. The summed E-state index contributed by atoms with van der Waals surface area (Å²) in [7, 11) is 0. The van der Waals surface area contributed by atoms with Gasteiger partial charge in [-0.2, -0.15) is 4.52 Å². The number of anilines is 1. The van der Waals surface area contributed by atoms with Gasteiger partial charge < -0.3 is 10.2 Å². The lowest BCUT2D eigenvalue weighted by atomic mass is 9.95. The highest BCUT2D eigenvalue weighted by Crippen LogP contribution is 2.22. The summed E-state index contributed by atoms with van der Waals surface area (Å²) in [5, 5.41) is 15.5. The van der Waals surface area contributed by atoms with Crippen molar-refractivity contribution in [3.63, 3.8) is 0 Å². The van der Waals surface area contributed by atoms with Crippen molar-refractivity contribution in [1.29, 1.82) is 0 Å². The van der Waals surface area contributed by atoms with Crippen molar-refractivity contribution in [3.05, 3.63) is 18.5 Å². The Labute approximate surface area is 136 Å². The monoisotopic (exact) mass is 316 g/mol. The molecule has 1 aliphatic heterocycles. The highest BCUT2D eigenvalue weighted by Gasteiger charge is 2.26. The molecule has 2 aromatic rings. The molecule has 0 bridgehead atoms. The Morgan fingerprint density at radius 3 is 2.70 bits per heavy atom. The molecule has 1 N–H and O–H groups in total. The maximum atomic E-state index is 12.3. The van der Waals surface area contributed by atoms with E-state index in [4.69, 9.17) is 0 Å². The molecular weight excluding hydrogens is 292 g/mol. The zero-order valence-corrected chi connectivity index (χ0v) is 13.9. The fourth-order valence-electron chi connectivity index (χ4n) is 2.77. The minimum Gasteiger partial charge on any atom is -0.355 e. The minimum atomic E-state index is 0.103. The first-order valence-electron chi connectivity index (χ1n) is 8.27. The molecule has 0 aromatic carbocycles. The molecule has 1 amide bonds. The van der Waals surface area contributed by atoms with Gasteiger partial charge in [0.2, 0.25) is 5.91 Å². The molecule has 124 valence electrons. The van der Waals surface area contributed by atoms with Crippen molar-refractivity contribution in [2.75, 3.05) is 18.0 Å². The molecule has 1 saturated heterocycles. The first kappa shape index (κ1) is 15.7. The maximum absolute atomic E-state index is 12.3. The highest BCUT2D eigenvalue weighted by molar-refractivity contribution is 5.79. The highest BCUT2D eigenvalue weighted by atomic mass is 16.1. The summed E-state index contributed by atoms with van der Waals surface area (Å²) >= 11 is 0. The first-order chi connectivity index (χ1) is 11.0. The lowest BCUT2D eigenvalue weighted by Crippen LogP contribution is -2.44. The van der Waals surface area contributed by atoms with Crippen LogP contribution >= 0.6 is 0 Å². The number of aromatic nitrogens is 4. The predicted octanol–water partition coefficient (Wildman–Crippen LogP) is 1.50. The Morgan fingerprint density at radius 2 is 2.00 bits per heavy atom. The Kier molecular flexibility index (Phi) is 4.45. The summed E-state index contributed by atoms with van der Waals surface area (Å²) < 4.78 is 1.68. The van der Waals surface area contributed by atoms with Gasteiger partial charge in [-0.1, -0.05) is 13.8 Å². The van der Waals surface area contributed by atoms with Crippen LogP contribution in [0.3, 0.4) is 0 Å². The number of nitrogens with zero attached hydrogens (tertiary/aromatic N) is 5. The van der Waals surface area contributed by atoms with Gasteiger partial charge in [-0.3, -0.25) is 4.79 Å². The van der Waals surface area contributed by atoms with Gasteiger partial charge in [0.05, 0.1) is 0 Å². The number of amides is 1. The molecule has 3 rings (SSSR count). The molecule has 2 aromatic heterocycles. The van der Waals surface area contributed by atoms with Crippen molar-refractivity contribution in [2.24, 2.45) is 11.8 Å². The van der Waals surface area contributed by atoms with E-state index in [0.29, 0.717) is 5.92 Å². The molecule has 0 saturated carbocycles. The number of nitrogens with one attached hydrogen (secondary N) is 1. The van der Waals surface area contributed by atoms with Crippen LogP contribution in [0.25, 0.3) is 5.65 Å². The molecule has 1 fully saturated rings. The smallest absolute Gasteiger partial charge is 0.223 e. The van der Waals surface area contributed by atoms with Gasteiger partial charge in [0.15, 0.2) is 5.65 Å². The largest absolute Gasteiger partial charge is 0.355 e. The average Bonchev–Trinajstić information content (AvgIpc) is 3.02. The molecule has 3 heterocycles. The Bertz CT molecular complexity index is 674. The predicted molar refractivity (Wildman–Crippen MR) is 88.2 cm³/mol. The Balaban J connectivity index is 1.58. The van der Waals surface area contributed by atoms with E-state index in [9.17, 15) is 4.79 Å². The van der Waals surface area contributed by atoms with Crippen LogP contribution in [0.4, 0.5) is 5.82 Å². The van der Waals surface area contributed by atoms with E-state index in [1.165, 1.54) is 0 Å². The van der Waals surface area contributed by atoms with E-state index in [1.54, 1.807) is 10.8 Å². The molecule has 1 aliphatic rings. The number of carbonyl (C=O) groups excluding carboxylic acids is 1. The molecule has 1 atom stereocenters. The number of hydrogen-bond acceptors (Lipinski definition) is 5. The maximum Gasteiger partial charge on any atom is 0.223 e. The van der Waals surface area contributed by atoms with Gasteiger partial charge in [0.1, 0.15) is 12.1 Å². The molecule has 7 heteroatoms. The average molecular weight is 316 g/mol. The van der Waals surface area contributed by atoms with Crippen LogP contribution < -0.4 is 10.2 Å². The van der Waals surface area contributed by atoms with Gasteiger partial charge in [-0.25, -0.2) is 0 Å². The van der Waals surface area contributed by atoms with E-state index in [-0.39, 0.29) is 17.9 Å². The summed E-state index contributed by atoms with van der Waals surface area (Å²) in [6.45, 7) is 8.00. The standard InChI is InChI=1S/C16H24N6O/c1-11(2)12(3)18-16(23)13-6-8-21(9-7-13)15-5-4-14-19-17-10-22(14)20-15/h4-5,10-13H,6-9H2,1-3H3,(H,18,23). The van der Waals surface area contributed by atoms with Crippen LogP contribution in [0.2, 0.25) is 0 Å². The fraction of sp³-hybridized carbons (Fsp3) is 0.625. The van der Waals surface area contributed by atoms with Crippen LogP contribution in [0.15, 0.2) is 18.5 Å². The summed E-state index contributed by atoms with van der Waals surface area (Å²) in [6, 6.07) is 4.10. The third-order valence-electron chi connectivity index (χ3n) is 4.71. The summed E-state index contributed by atoms with van der Waals surface area (Å²) in [4.78, 5) is 14.5. The molecular formula is C16H24N6O. The van der Waals surface area contributed by atoms with Crippen LogP contribution in [-0.4, -0.2) is 44.8 Å². The van der Waals surface area contributed by atoms with Crippen molar-refractivity contribution in [3.8, 4) is 0 Å². The van der Waals surface area contributed by atoms with Gasteiger partial charge in [0.25, 0.3) is 0 Å². The van der Waals surface area contributed by atoms with Gasteiger partial charge in [0, 0.05) is 25.0 Å². The summed E-state index contributed by atoms with van der Waals surface area (Å²) in [5.74, 6) is 1.66. The first-order valence-corrected chi connectivity index (χ1v) is 8.27. The van der Waals surface area contributed by atoms with Gasteiger partial charge >= 0.3 is 0 Å². The molecule has 7 nitrogen and oxygen atoms in total. The summed E-state index contributed by atoms with van der Waals surface area (Å²) in [5.41, 5.74) is 0.741. The number of rotatable bonds is 4. The van der Waals surface area contributed by atoms with Gasteiger partial charge in [-0.15, -0.1) is 15.3 Å². The number of fused-ring (bicyclic) bond motifs is 1. The van der Waals surface area contributed by atoms with Crippen LogP contribution in [0.1, 0.15) is 33.6 Å². The SMILES string of the molecule is CC(C)C(C)NC(=O)C1CCN(c2ccc3nncn3n2)CC1. The van der Waals surface area contributed by atoms with E-state index >= 15 is 0 Å². The fourth-order valence-corrected chi connectivity index (χ4v) is 2.77. The zero-order chi connectivity index (χ0) is 16.4. The third kappa shape index (κ3) is 3.43. The van der Waals surface area contributed by atoms with Crippen LogP contribution in [0, 0.1) is 11.8 Å². The normalized spacial score (nSPS) is 17.7. The second kappa shape index (κ2) is 6.52. The van der Waals surface area contributed by atoms with Crippen LogP contribution in [0.5, 0.6) is 0 Å². The lowest BCUT2D eigenvalue weighted by molar-refractivity contribution is -0.126. The quantitative estimate of drug-likeness (QED) is 0.925. The van der Waals surface area contributed by atoms with E-state index in [1.807, 2.05) is 12.1 Å². The van der Waals surface area contributed by atoms with Crippen molar-refractivity contribution < 1.29 is 4.79 Å². The Hall–Kier alpha value is -2.18. The summed E-state index contributed by atoms with van der Waals surface area (Å²) in [6.07, 6.45) is 3.32. The van der Waals surface area contributed by atoms with E-state index in [0.717, 1.165) is 37.4 Å². The topological polar surface area (TPSA) is 75.4 Å². The van der Waals surface area contributed by atoms with Crippen molar-refractivity contribution >= 4 is 17.4 Å².